The largest absolute Gasteiger partial charge is 0.416 e. The third-order valence-corrected chi connectivity index (χ3v) is 5.96. The summed E-state index contributed by atoms with van der Waals surface area (Å²) in [6.07, 6.45) is -0.644. The minimum Gasteiger partial charge on any atom is -0.387 e. The summed E-state index contributed by atoms with van der Waals surface area (Å²) in [7, 11) is 0. The summed E-state index contributed by atoms with van der Waals surface area (Å²) in [5.41, 5.74) is 3.52. The van der Waals surface area contributed by atoms with Gasteiger partial charge in [-0.25, -0.2) is 0 Å². The Hall–Kier alpha value is -2.37. The van der Waals surface area contributed by atoms with Crippen molar-refractivity contribution >= 4 is 5.57 Å². The van der Waals surface area contributed by atoms with Gasteiger partial charge in [-0.1, -0.05) is 67.6 Å². The van der Waals surface area contributed by atoms with Crippen molar-refractivity contribution in [3.05, 3.63) is 88.5 Å². The van der Waals surface area contributed by atoms with E-state index in [9.17, 15) is 18.3 Å². The van der Waals surface area contributed by atoms with E-state index in [1.807, 2.05) is 49.4 Å². The average molecular weight is 413 g/mol. The number of nitrogens with zero attached hydrogens (tertiary/aromatic N) is 1. The lowest BCUT2D eigenvalue weighted by Gasteiger charge is -2.31. The van der Waals surface area contributed by atoms with Gasteiger partial charge in [0.25, 0.3) is 0 Å². The van der Waals surface area contributed by atoms with Crippen molar-refractivity contribution in [1.29, 1.82) is 0 Å². The molecule has 2 aliphatic rings. The quantitative estimate of drug-likeness (QED) is 0.696. The SMILES string of the molecule is CC1C=C(c2ccc3c(c2)CCN(CC(O)c2ccccc2)C3)C(C(F)(F)F)=CC1. The maximum Gasteiger partial charge on any atom is 0.416 e. The molecule has 2 nitrogen and oxygen atoms in total. The molecule has 0 bridgehead atoms. The Morgan fingerprint density at radius 1 is 1.10 bits per heavy atom. The molecule has 2 atom stereocenters. The molecule has 1 aliphatic carbocycles. The van der Waals surface area contributed by atoms with E-state index >= 15 is 0 Å². The standard InChI is InChI=1S/C25H26F3NO/c1-17-7-10-23(25(26,27)28)22(13-17)20-8-9-21-15-29(12-11-19(21)14-20)16-24(30)18-5-3-2-4-6-18/h2-6,8-10,13-14,17,24,30H,7,11-12,15-16H2,1H3. The fourth-order valence-electron chi connectivity index (χ4n) is 4.34. The number of allylic oxidation sites excluding steroid dienone is 4. The van der Waals surface area contributed by atoms with Crippen molar-refractivity contribution in [3.63, 3.8) is 0 Å². The van der Waals surface area contributed by atoms with Crippen LogP contribution in [-0.2, 0) is 13.0 Å². The van der Waals surface area contributed by atoms with Crippen LogP contribution in [0.4, 0.5) is 13.2 Å². The van der Waals surface area contributed by atoms with Gasteiger partial charge < -0.3 is 5.11 Å². The van der Waals surface area contributed by atoms with E-state index in [0.29, 0.717) is 30.6 Å². The summed E-state index contributed by atoms with van der Waals surface area (Å²) >= 11 is 0. The first-order valence-corrected chi connectivity index (χ1v) is 10.4. The summed E-state index contributed by atoms with van der Waals surface area (Å²) in [6, 6.07) is 15.3. The Labute approximate surface area is 175 Å². The highest BCUT2D eigenvalue weighted by Gasteiger charge is 2.37. The normalized spacial score (nSPS) is 20.9. The molecule has 0 spiro atoms. The van der Waals surface area contributed by atoms with Crippen molar-refractivity contribution in [2.24, 2.45) is 5.92 Å². The molecule has 1 aliphatic heterocycles. The molecule has 30 heavy (non-hydrogen) atoms. The Bertz CT molecular complexity index is 962. The Kier molecular flexibility index (Phi) is 5.85. The van der Waals surface area contributed by atoms with Gasteiger partial charge in [-0.3, -0.25) is 4.90 Å². The number of aliphatic hydroxyl groups excluding tert-OH is 1. The first-order chi connectivity index (χ1) is 14.3. The van der Waals surface area contributed by atoms with Gasteiger partial charge in [0.2, 0.25) is 0 Å². The molecule has 0 aromatic heterocycles. The topological polar surface area (TPSA) is 23.5 Å². The van der Waals surface area contributed by atoms with Crippen LogP contribution in [0.25, 0.3) is 5.57 Å². The number of benzene rings is 2. The fraction of sp³-hybridized carbons (Fsp3) is 0.360. The molecule has 0 saturated heterocycles. The van der Waals surface area contributed by atoms with Gasteiger partial charge in [0.1, 0.15) is 0 Å². The van der Waals surface area contributed by atoms with Gasteiger partial charge >= 0.3 is 6.18 Å². The van der Waals surface area contributed by atoms with E-state index in [0.717, 1.165) is 29.7 Å². The van der Waals surface area contributed by atoms with Gasteiger partial charge in [0.15, 0.2) is 0 Å². The van der Waals surface area contributed by atoms with Gasteiger partial charge in [-0.05, 0) is 46.6 Å². The van der Waals surface area contributed by atoms with E-state index in [1.165, 1.54) is 6.08 Å². The molecule has 0 radical (unpaired) electrons. The minimum absolute atomic E-state index is 0.0945. The van der Waals surface area contributed by atoms with E-state index < -0.39 is 17.9 Å². The molecule has 2 aromatic carbocycles. The summed E-state index contributed by atoms with van der Waals surface area (Å²) in [4.78, 5) is 2.20. The van der Waals surface area contributed by atoms with Gasteiger partial charge in [0.05, 0.1) is 11.7 Å². The second kappa shape index (κ2) is 8.40. The maximum atomic E-state index is 13.5. The van der Waals surface area contributed by atoms with E-state index in [-0.39, 0.29) is 5.92 Å². The fourth-order valence-corrected chi connectivity index (χ4v) is 4.34. The first-order valence-electron chi connectivity index (χ1n) is 10.4. The van der Waals surface area contributed by atoms with Crippen LogP contribution in [0.1, 0.15) is 41.7 Å². The van der Waals surface area contributed by atoms with Crippen LogP contribution < -0.4 is 0 Å². The van der Waals surface area contributed by atoms with E-state index in [1.54, 1.807) is 12.1 Å². The van der Waals surface area contributed by atoms with Crippen LogP contribution in [0.15, 0.2) is 66.3 Å². The third kappa shape index (κ3) is 4.52. The number of aliphatic hydroxyl groups is 1. The predicted molar refractivity (Wildman–Crippen MR) is 113 cm³/mol. The number of β-amino-alcohol motifs (C(OH)–C–C–N with tert-alkyl or cyclic N) is 1. The molecule has 0 amide bonds. The molecular formula is C25H26F3NO. The van der Waals surface area contributed by atoms with E-state index in [2.05, 4.69) is 4.90 Å². The number of hydrogen-bond acceptors (Lipinski definition) is 2. The monoisotopic (exact) mass is 413 g/mol. The van der Waals surface area contributed by atoms with Crippen molar-refractivity contribution in [2.45, 2.75) is 38.6 Å². The average Bonchev–Trinajstić information content (AvgIpc) is 2.73. The maximum absolute atomic E-state index is 13.5. The van der Waals surface area contributed by atoms with Crippen molar-refractivity contribution < 1.29 is 18.3 Å². The molecule has 158 valence electrons. The third-order valence-electron chi connectivity index (χ3n) is 5.96. The summed E-state index contributed by atoms with van der Waals surface area (Å²) in [5, 5.41) is 10.5. The highest BCUT2D eigenvalue weighted by atomic mass is 19.4. The Morgan fingerprint density at radius 2 is 1.87 bits per heavy atom. The number of halogens is 3. The zero-order valence-electron chi connectivity index (χ0n) is 17.0. The predicted octanol–water partition coefficient (Wildman–Crippen LogP) is 5.69. The molecule has 5 heteroatoms. The molecule has 0 fully saturated rings. The van der Waals surface area contributed by atoms with Gasteiger partial charge in [-0.2, -0.15) is 13.2 Å². The van der Waals surface area contributed by atoms with Gasteiger partial charge in [-0.15, -0.1) is 0 Å². The van der Waals surface area contributed by atoms with Crippen molar-refractivity contribution in [2.75, 3.05) is 13.1 Å². The Balaban J connectivity index is 1.51. The molecule has 4 rings (SSSR count). The summed E-state index contributed by atoms with van der Waals surface area (Å²) < 4.78 is 40.5. The summed E-state index contributed by atoms with van der Waals surface area (Å²) in [6.45, 7) is 3.95. The highest BCUT2D eigenvalue weighted by molar-refractivity contribution is 5.81. The van der Waals surface area contributed by atoms with Crippen LogP contribution in [0.3, 0.4) is 0 Å². The van der Waals surface area contributed by atoms with Crippen LogP contribution in [-0.4, -0.2) is 29.3 Å². The zero-order chi connectivity index (χ0) is 21.3. The van der Waals surface area contributed by atoms with Crippen molar-refractivity contribution in [1.82, 2.24) is 4.90 Å². The van der Waals surface area contributed by atoms with Crippen molar-refractivity contribution in [3.8, 4) is 0 Å². The zero-order valence-corrected chi connectivity index (χ0v) is 17.0. The number of fused-ring (bicyclic) bond motifs is 1. The highest BCUT2D eigenvalue weighted by Crippen LogP contribution is 2.41. The lowest BCUT2D eigenvalue weighted by molar-refractivity contribution is -0.0875. The van der Waals surface area contributed by atoms with Crippen LogP contribution in [0.5, 0.6) is 0 Å². The van der Waals surface area contributed by atoms with E-state index in [4.69, 9.17) is 0 Å². The molecule has 2 unspecified atom stereocenters. The van der Waals surface area contributed by atoms with Crippen LogP contribution >= 0.6 is 0 Å². The lowest BCUT2D eigenvalue weighted by Crippen LogP contribution is -2.34. The smallest absolute Gasteiger partial charge is 0.387 e. The molecule has 2 aromatic rings. The number of alkyl halides is 3. The summed E-state index contributed by atoms with van der Waals surface area (Å²) in [5.74, 6) is 0.0945. The Morgan fingerprint density at radius 3 is 2.60 bits per heavy atom. The second-order valence-electron chi connectivity index (χ2n) is 8.30. The second-order valence-corrected chi connectivity index (χ2v) is 8.30. The number of rotatable bonds is 4. The minimum atomic E-state index is -4.34. The molecule has 1 heterocycles. The molecule has 1 N–H and O–H groups in total. The molecular weight excluding hydrogens is 387 g/mol. The molecule has 0 saturated carbocycles. The lowest BCUT2D eigenvalue weighted by atomic mass is 9.85. The first kappa shape index (κ1) is 20.9. The van der Waals surface area contributed by atoms with Crippen LogP contribution in [0.2, 0.25) is 0 Å². The number of hydrogen-bond donors (Lipinski definition) is 1. The van der Waals surface area contributed by atoms with Crippen LogP contribution in [0, 0.1) is 5.92 Å². The van der Waals surface area contributed by atoms with Gasteiger partial charge in [0, 0.05) is 19.6 Å².